The van der Waals surface area contributed by atoms with Gasteiger partial charge in [0.25, 0.3) is 0 Å². The minimum absolute atomic E-state index is 0.174. The van der Waals surface area contributed by atoms with Crippen molar-refractivity contribution in [2.24, 2.45) is 0 Å². The summed E-state index contributed by atoms with van der Waals surface area (Å²) < 4.78 is 10.8. The number of carbonyl (C=O) groups is 1. The highest BCUT2D eigenvalue weighted by Gasteiger charge is 2.14. The van der Waals surface area contributed by atoms with Crippen LogP contribution in [0.5, 0.6) is 5.75 Å². The first-order valence-corrected chi connectivity index (χ1v) is 8.64. The molecule has 6 nitrogen and oxygen atoms in total. The van der Waals surface area contributed by atoms with Crippen LogP contribution in [0.4, 0.5) is 5.69 Å². The van der Waals surface area contributed by atoms with E-state index in [0.717, 1.165) is 5.56 Å². The van der Waals surface area contributed by atoms with Crippen molar-refractivity contribution in [3.8, 4) is 17.1 Å². The van der Waals surface area contributed by atoms with Gasteiger partial charge < -0.3 is 14.6 Å². The first-order valence-electron chi connectivity index (χ1n) is 8.26. The molecule has 3 aromatic rings. The summed E-state index contributed by atoms with van der Waals surface area (Å²) in [5.41, 5.74) is 1.33. The van der Waals surface area contributed by atoms with Gasteiger partial charge in [0.1, 0.15) is 5.75 Å². The molecule has 7 heteroatoms. The molecule has 0 aliphatic carbocycles. The largest absolute Gasteiger partial charge is 0.493 e. The Hall–Kier alpha value is -2.86. The number of anilines is 1. The summed E-state index contributed by atoms with van der Waals surface area (Å²) in [5, 5.41) is 7.24. The van der Waals surface area contributed by atoms with Crippen molar-refractivity contribution in [3.05, 3.63) is 59.4 Å². The van der Waals surface area contributed by atoms with E-state index < -0.39 is 0 Å². The third-order valence-corrected chi connectivity index (χ3v) is 3.94. The van der Waals surface area contributed by atoms with Crippen molar-refractivity contribution >= 4 is 23.2 Å². The zero-order valence-electron chi connectivity index (χ0n) is 14.2. The zero-order chi connectivity index (χ0) is 18.4. The SMILES string of the molecule is CCOc1ccccc1-c1noc(CCC(=O)Nc2ccccc2Cl)n1. The second-order valence-electron chi connectivity index (χ2n) is 5.47. The van der Waals surface area contributed by atoms with E-state index in [2.05, 4.69) is 15.5 Å². The third-order valence-electron chi connectivity index (χ3n) is 3.61. The van der Waals surface area contributed by atoms with E-state index in [1.807, 2.05) is 37.3 Å². The molecular formula is C19H18ClN3O3. The number of amides is 1. The summed E-state index contributed by atoms with van der Waals surface area (Å²) in [4.78, 5) is 16.4. The molecule has 134 valence electrons. The number of hydrogen-bond acceptors (Lipinski definition) is 5. The number of rotatable bonds is 7. The van der Waals surface area contributed by atoms with Crippen LogP contribution in [-0.4, -0.2) is 22.7 Å². The molecule has 0 saturated heterocycles. The molecule has 1 N–H and O–H groups in total. The lowest BCUT2D eigenvalue weighted by Gasteiger charge is -2.06. The molecule has 1 heterocycles. The Labute approximate surface area is 156 Å². The van der Waals surface area contributed by atoms with Crippen molar-refractivity contribution in [1.82, 2.24) is 10.1 Å². The number of halogens is 1. The van der Waals surface area contributed by atoms with Gasteiger partial charge in [0.2, 0.25) is 17.6 Å². The molecule has 0 aliphatic heterocycles. The number of benzene rings is 2. The smallest absolute Gasteiger partial charge is 0.227 e. The van der Waals surface area contributed by atoms with Gasteiger partial charge in [-0.1, -0.05) is 41.0 Å². The summed E-state index contributed by atoms with van der Waals surface area (Å²) in [7, 11) is 0. The Kier molecular flexibility index (Phi) is 5.86. The van der Waals surface area contributed by atoms with E-state index in [1.54, 1.807) is 18.2 Å². The van der Waals surface area contributed by atoms with E-state index in [-0.39, 0.29) is 12.3 Å². The van der Waals surface area contributed by atoms with E-state index in [0.29, 0.717) is 41.2 Å². The summed E-state index contributed by atoms with van der Waals surface area (Å²) in [6.07, 6.45) is 0.542. The molecule has 1 aromatic heterocycles. The van der Waals surface area contributed by atoms with Crippen LogP contribution in [0.2, 0.25) is 5.02 Å². The van der Waals surface area contributed by atoms with Crippen LogP contribution in [0, 0.1) is 0 Å². The van der Waals surface area contributed by atoms with Crippen LogP contribution < -0.4 is 10.1 Å². The minimum atomic E-state index is -0.174. The molecule has 0 spiro atoms. The van der Waals surface area contributed by atoms with Gasteiger partial charge in [-0.25, -0.2) is 0 Å². The van der Waals surface area contributed by atoms with Crippen molar-refractivity contribution in [1.29, 1.82) is 0 Å². The minimum Gasteiger partial charge on any atom is -0.493 e. The number of hydrogen-bond donors (Lipinski definition) is 1. The highest BCUT2D eigenvalue weighted by atomic mass is 35.5. The summed E-state index contributed by atoms with van der Waals surface area (Å²) in [6.45, 7) is 2.46. The first-order chi connectivity index (χ1) is 12.7. The van der Waals surface area contributed by atoms with Gasteiger partial charge in [0.05, 0.1) is 22.9 Å². The number of para-hydroxylation sites is 2. The maximum absolute atomic E-state index is 12.1. The molecule has 3 rings (SSSR count). The Morgan fingerprint density at radius 1 is 1.19 bits per heavy atom. The van der Waals surface area contributed by atoms with Crippen LogP contribution in [-0.2, 0) is 11.2 Å². The van der Waals surface area contributed by atoms with Crippen LogP contribution in [0.15, 0.2) is 53.1 Å². The predicted octanol–water partition coefficient (Wildman–Crippen LogP) is 4.36. The number of nitrogens with one attached hydrogen (secondary N) is 1. The van der Waals surface area contributed by atoms with Crippen molar-refractivity contribution in [2.45, 2.75) is 19.8 Å². The second kappa shape index (κ2) is 8.49. The van der Waals surface area contributed by atoms with Gasteiger partial charge in [-0.05, 0) is 31.2 Å². The van der Waals surface area contributed by atoms with Gasteiger partial charge >= 0.3 is 0 Å². The Morgan fingerprint density at radius 2 is 1.96 bits per heavy atom. The topological polar surface area (TPSA) is 77.2 Å². The molecule has 1 amide bonds. The Bertz CT molecular complexity index is 895. The molecule has 0 atom stereocenters. The fourth-order valence-electron chi connectivity index (χ4n) is 2.39. The van der Waals surface area contributed by atoms with Crippen molar-refractivity contribution < 1.29 is 14.1 Å². The third kappa shape index (κ3) is 4.40. The first kappa shape index (κ1) is 17.9. The summed E-state index contributed by atoms with van der Waals surface area (Å²) >= 11 is 6.03. The maximum atomic E-state index is 12.1. The highest BCUT2D eigenvalue weighted by molar-refractivity contribution is 6.33. The second-order valence-corrected chi connectivity index (χ2v) is 5.88. The molecular weight excluding hydrogens is 354 g/mol. The molecule has 0 fully saturated rings. The maximum Gasteiger partial charge on any atom is 0.227 e. The Morgan fingerprint density at radius 3 is 2.77 bits per heavy atom. The molecule has 0 unspecified atom stereocenters. The lowest BCUT2D eigenvalue weighted by molar-refractivity contribution is -0.116. The standard InChI is InChI=1S/C19H18ClN3O3/c1-2-25-16-10-6-3-7-13(16)19-22-18(26-23-19)12-11-17(24)21-15-9-5-4-8-14(15)20/h3-10H,2,11-12H2,1H3,(H,21,24). The predicted molar refractivity (Wildman–Crippen MR) is 99.3 cm³/mol. The van der Waals surface area contributed by atoms with Crippen LogP contribution in [0.3, 0.4) is 0 Å². The molecule has 0 aliphatic rings. The van der Waals surface area contributed by atoms with E-state index >= 15 is 0 Å². The number of aryl methyl sites for hydroxylation is 1. The average Bonchev–Trinajstić information content (AvgIpc) is 3.12. The lowest BCUT2D eigenvalue weighted by Crippen LogP contribution is -2.12. The fourth-order valence-corrected chi connectivity index (χ4v) is 2.58. The lowest BCUT2D eigenvalue weighted by atomic mass is 10.2. The quantitative estimate of drug-likeness (QED) is 0.667. The van der Waals surface area contributed by atoms with Crippen LogP contribution in [0.1, 0.15) is 19.2 Å². The monoisotopic (exact) mass is 371 g/mol. The Balaban J connectivity index is 1.62. The summed E-state index contributed by atoms with van der Waals surface area (Å²) in [6, 6.07) is 14.6. The van der Waals surface area contributed by atoms with E-state index in [1.165, 1.54) is 0 Å². The van der Waals surface area contributed by atoms with Gasteiger partial charge in [-0.15, -0.1) is 0 Å². The highest BCUT2D eigenvalue weighted by Crippen LogP contribution is 2.27. The van der Waals surface area contributed by atoms with Gasteiger partial charge in [0.15, 0.2) is 0 Å². The van der Waals surface area contributed by atoms with Gasteiger partial charge in [-0.2, -0.15) is 4.98 Å². The zero-order valence-corrected chi connectivity index (χ0v) is 15.0. The van der Waals surface area contributed by atoms with Crippen molar-refractivity contribution in [2.75, 3.05) is 11.9 Å². The average molecular weight is 372 g/mol. The van der Waals surface area contributed by atoms with E-state index in [9.17, 15) is 4.79 Å². The van der Waals surface area contributed by atoms with Gasteiger partial charge in [0, 0.05) is 12.8 Å². The van der Waals surface area contributed by atoms with Crippen molar-refractivity contribution in [3.63, 3.8) is 0 Å². The molecule has 0 saturated carbocycles. The van der Waals surface area contributed by atoms with E-state index in [4.69, 9.17) is 20.9 Å². The number of aromatic nitrogens is 2. The number of ether oxygens (including phenoxy) is 1. The van der Waals surface area contributed by atoms with Gasteiger partial charge in [-0.3, -0.25) is 4.79 Å². The molecule has 2 aromatic carbocycles. The fraction of sp³-hybridized carbons (Fsp3) is 0.211. The van der Waals surface area contributed by atoms with Crippen LogP contribution in [0.25, 0.3) is 11.4 Å². The summed E-state index contributed by atoms with van der Waals surface area (Å²) in [5.74, 6) is 1.35. The molecule has 0 radical (unpaired) electrons. The van der Waals surface area contributed by atoms with Crippen LogP contribution >= 0.6 is 11.6 Å². The normalized spacial score (nSPS) is 10.5. The molecule has 0 bridgehead atoms. The molecule has 26 heavy (non-hydrogen) atoms. The number of carbonyl (C=O) groups excluding carboxylic acids is 1. The number of nitrogens with zero attached hydrogens (tertiary/aromatic N) is 2.